The number of anilines is 3. The van der Waals surface area contributed by atoms with E-state index in [0.717, 1.165) is 5.69 Å². The predicted molar refractivity (Wildman–Crippen MR) is 66.2 cm³/mol. The minimum atomic E-state index is 0.295. The Hall–Kier alpha value is -1.52. The van der Waals surface area contributed by atoms with Gasteiger partial charge in [0.15, 0.2) is 0 Å². The van der Waals surface area contributed by atoms with Gasteiger partial charge in [0.1, 0.15) is 11.0 Å². The molecule has 6 heteroatoms. The number of aromatic nitrogens is 2. The standard InChI is InChI=1S/C10H8Cl2N4/c11-6-1-3-7(4-2-6)14-10-15-8(12)5-9(13)16-10/h1-5H,(H3,13,14,15,16). The average Bonchev–Trinajstić information content (AvgIpc) is 2.20. The van der Waals surface area contributed by atoms with E-state index < -0.39 is 0 Å². The molecule has 2 rings (SSSR count). The van der Waals surface area contributed by atoms with Crippen LogP contribution < -0.4 is 11.1 Å². The molecule has 0 saturated heterocycles. The minimum Gasteiger partial charge on any atom is -0.383 e. The van der Waals surface area contributed by atoms with Gasteiger partial charge in [-0.1, -0.05) is 23.2 Å². The van der Waals surface area contributed by atoms with E-state index in [4.69, 9.17) is 28.9 Å². The molecule has 0 radical (unpaired) electrons. The Morgan fingerprint density at radius 2 is 1.75 bits per heavy atom. The summed E-state index contributed by atoms with van der Waals surface area (Å²) in [5.74, 6) is 0.670. The first-order chi connectivity index (χ1) is 7.63. The zero-order chi connectivity index (χ0) is 11.5. The third kappa shape index (κ3) is 2.74. The zero-order valence-electron chi connectivity index (χ0n) is 8.11. The first-order valence-corrected chi connectivity index (χ1v) is 5.22. The fourth-order valence-corrected chi connectivity index (χ4v) is 1.47. The van der Waals surface area contributed by atoms with Crippen LogP contribution in [0.1, 0.15) is 0 Å². The summed E-state index contributed by atoms with van der Waals surface area (Å²) in [7, 11) is 0. The van der Waals surface area contributed by atoms with Crippen LogP contribution in [0.15, 0.2) is 30.3 Å². The summed E-state index contributed by atoms with van der Waals surface area (Å²) in [4.78, 5) is 7.97. The lowest BCUT2D eigenvalue weighted by atomic mass is 10.3. The van der Waals surface area contributed by atoms with Crippen LogP contribution in [-0.2, 0) is 0 Å². The van der Waals surface area contributed by atoms with E-state index in [9.17, 15) is 0 Å². The number of benzene rings is 1. The van der Waals surface area contributed by atoms with Crippen molar-refractivity contribution in [1.29, 1.82) is 0 Å². The van der Waals surface area contributed by atoms with Crippen molar-refractivity contribution in [2.45, 2.75) is 0 Å². The molecule has 0 aliphatic carbocycles. The number of nitrogens with one attached hydrogen (secondary N) is 1. The summed E-state index contributed by atoms with van der Waals surface area (Å²) in [6.07, 6.45) is 0. The van der Waals surface area contributed by atoms with Crippen LogP contribution in [0.5, 0.6) is 0 Å². The molecule has 2 aromatic rings. The second-order valence-corrected chi connectivity index (χ2v) is 3.89. The largest absolute Gasteiger partial charge is 0.383 e. The van der Waals surface area contributed by atoms with Crippen molar-refractivity contribution in [1.82, 2.24) is 9.97 Å². The highest BCUT2D eigenvalue weighted by molar-refractivity contribution is 6.30. The highest BCUT2D eigenvalue weighted by Crippen LogP contribution is 2.18. The van der Waals surface area contributed by atoms with Crippen molar-refractivity contribution in [2.24, 2.45) is 0 Å². The van der Waals surface area contributed by atoms with Crippen LogP contribution in [0.4, 0.5) is 17.5 Å². The number of nitrogen functional groups attached to an aromatic ring is 1. The van der Waals surface area contributed by atoms with E-state index in [1.165, 1.54) is 6.07 Å². The smallest absolute Gasteiger partial charge is 0.230 e. The van der Waals surface area contributed by atoms with Gasteiger partial charge in [-0.2, -0.15) is 4.98 Å². The maximum Gasteiger partial charge on any atom is 0.230 e. The second-order valence-electron chi connectivity index (χ2n) is 3.07. The molecule has 0 fully saturated rings. The third-order valence-corrected chi connectivity index (χ3v) is 2.26. The highest BCUT2D eigenvalue weighted by atomic mass is 35.5. The van der Waals surface area contributed by atoms with Crippen molar-refractivity contribution < 1.29 is 0 Å². The van der Waals surface area contributed by atoms with Crippen LogP contribution in [0, 0.1) is 0 Å². The molecule has 0 amide bonds. The van der Waals surface area contributed by atoms with Gasteiger partial charge in [-0.15, -0.1) is 0 Å². The number of nitrogens with zero attached hydrogens (tertiary/aromatic N) is 2. The summed E-state index contributed by atoms with van der Waals surface area (Å²) >= 11 is 11.5. The molecule has 1 aromatic carbocycles. The Bertz CT molecular complexity index is 478. The third-order valence-electron chi connectivity index (χ3n) is 1.82. The van der Waals surface area contributed by atoms with E-state index >= 15 is 0 Å². The van der Waals surface area contributed by atoms with Gasteiger partial charge in [-0.3, -0.25) is 0 Å². The lowest BCUT2D eigenvalue weighted by Gasteiger charge is -2.05. The van der Waals surface area contributed by atoms with Crippen molar-refractivity contribution in [3.05, 3.63) is 40.5 Å². The number of hydrogen-bond acceptors (Lipinski definition) is 4. The normalized spacial score (nSPS) is 10.1. The van der Waals surface area contributed by atoms with Crippen LogP contribution in [0.3, 0.4) is 0 Å². The van der Waals surface area contributed by atoms with Crippen LogP contribution >= 0.6 is 23.2 Å². The fraction of sp³-hybridized carbons (Fsp3) is 0. The first kappa shape index (κ1) is 11.0. The van der Waals surface area contributed by atoms with E-state index in [2.05, 4.69) is 15.3 Å². The topological polar surface area (TPSA) is 63.8 Å². The van der Waals surface area contributed by atoms with Crippen LogP contribution in [0.25, 0.3) is 0 Å². The molecule has 0 saturated carbocycles. The molecule has 1 heterocycles. The first-order valence-electron chi connectivity index (χ1n) is 4.46. The maximum atomic E-state index is 5.76. The van der Waals surface area contributed by atoms with Gasteiger partial charge >= 0.3 is 0 Å². The van der Waals surface area contributed by atoms with E-state index in [0.29, 0.717) is 21.9 Å². The Morgan fingerprint density at radius 1 is 1.06 bits per heavy atom. The summed E-state index contributed by atoms with van der Waals surface area (Å²) in [5.41, 5.74) is 6.35. The van der Waals surface area contributed by atoms with Crippen molar-refractivity contribution in [3.8, 4) is 0 Å². The molecule has 0 atom stereocenters. The van der Waals surface area contributed by atoms with Crippen molar-refractivity contribution >= 4 is 40.7 Å². The summed E-state index contributed by atoms with van der Waals surface area (Å²) in [5, 5.41) is 3.93. The quantitative estimate of drug-likeness (QED) is 0.809. The summed E-state index contributed by atoms with van der Waals surface area (Å²) < 4.78 is 0. The summed E-state index contributed by atoms with van der Waals surface area (Å²) in [6, 6.07) is 8.62. The lowest BCUT2D eigenvalue weighted by molar-refractivity contribution is 1.17. The number of nitrogens with two attached hydrogens (primary N) is 1. The van der Waals surface area contributed by atoms with E-state index in [-0.39, 0.29) is 0 Å². The highest BCUT2D eigenvalue weighted by Gasteiger charge is 2.01. The van der Waals surface area contributed by atoms with Gasteiger partial charge < -0.3 is 11.1 Å². The van der Waals surface area contributed by atoms with E-state index in [1.807, 2.05) is 12.1 Å². The maximum absolute atomic E-state index is 5.76. The molecular formula is C10H8Cl2N4. The van der Waals surface area contributed by atoms with Gasteiger partial charge in [0.2, 0.25) is 5.95 Å². The fourth-order valence-electron chi connectivity index (χ4n) is 1.15. The van der Waals surface area contributed by atoms with Gasteiger partial charge in [0.05, 0.1) is 0 Å². The molecule has 1 aromatic heterocycles. The van der Waals surface area contributed by atoms with Gasteiger partial charge in [0.25, 0.3) is 0 Å². The Kier molecular flexibility index (Phi) is 3.12. The molecular weight excluding hydrogens is 247 g/mol. The molecule has 3 N–H and O–H groups in total. The molecule has 0 aliphatic rings. The SMILES string of the molecule is Nc1cc(Cl)nc(Nc2ccc(Cl)cc2)n1. The summed E-state index contributed by atoms with van der Waals surface area (Å²) in [6.45, 7) is 0. The van der Waals surface area contributed by atoms with Crippen molar-refractivity contribution in [2.75, 3.05) is 11.1 Å². The average molecular weight is 255 g/mol. The molecule has 16 heavy (non-hydrogen) atoms. The number of hydrogen-bond donors (Lipinski definition) is 2. The minimum absolute atomic E-state index is 0.295. The van der Waals surface area contributed by atoms with Gasteiger partial charge in [-0.25, -0.2) is 4.98 Å². The molecule has 0 unspecified atom stereocenters. The monoisotopic (exact) mass is 254 g/mol. The van der Waals surface area contributed by atoms with Crippen LogP contribution in [-0.4, -0.2) is 9.97 Å². The predicted octanol–water partition coefficient (Wildman–Crippen LogP) is 3.11. The molecule has 0 bridgehead atoms. The Morgan fingerprint density at radius 3 is 2.38 bits per heavy atom. The zero-order valence-corrected chi connectivity index (χ0v) is 9.63. The second kappa shape index (κ2) is 4.55. The number of halogens is 2. The van der Waals surface area contributed by atoms with Crippen LogP contribution in [0.2, 0.25) is 10.2 Å². The van der Waals surface area contributed by atoms with Gasteiger partial charge in [-0.05, 0) is 24.3 Å². The van der Waals surface area contributed by atoms with Gasteiger partial charge in [0, 0.05) is 16.8 Å². The Balaban J connectivity index is 2.23. The lowest BCUT2D eigenvalue weighted by Crippen LogP contribution is -2.00. The Labute approximate surface area is 102 Å². The molecule has 0 spiro atoms. The van der Waals surface area contributed by atoms with Crippen molar-refractivity contribution in [3.63, 3.8) is 0 Å². The van der Waals surface area contributed by atoms with E-state index in [1.54, 1.807) is 12.1 Å². The molecule has 4 nitrogen and oxygen atoms in total. The number of rotatable bonds is 2. The molecule has 82 valence electrons. The molecule has 0 aliphatic heterocycles.